The second-order valence-electron chi connectivity index (χ2n) is 7.17. The lowest BCUT2D eigenvalue weighted by atomic mass is 9.70. The first-order valence-corrected chi connectivity index (χ1v) is 8.14. The highest BCUT2D eigenvalue weighted by Gasteiger charge is 2.32. The van der Waals surface area contributed by atoms with Gasteiger partial charge in [0.1, 0.15) is 5.75 Å². The lowest BCUT2D eigenvalue weighted by molar-refractivity contribution is -0.118. The van der Waals surface area contributed by atoms with Gasteiger partial charge in [-0.2, -0.15) is 0 Å². The molecule has 1 aliphatic carbocycles. The maximum atomic E-state index is 11.0. The Morgan fingerprint density at radius 3 is 2.61 bits per heavy atom. The molecule has 4 nitrogen and oxygen atoms in total. The van der Waals surface area contributed by atoms with Crippen LogP contribution in [-0.4, -0.2) is 31.2 Å². The number of nitrogens with one attached hydrogen (secondary N) is 1. The van der Waals surface area contributed by atoms with Crippen LogP contribution < -0.4 is 10.2 Å². The molecule has 2 rings (SSSR count). The molecule has 1 amide bonds. The fourth-order valence-electron chi connectivity index (χ4n) is 3.38. The summed E-state index contributed by atoms with van der Waals surface area (Å²) in [5.74, 6) is 0.269. The zero-order chi connectivity index (χ0) is 17.4. The summed E-state index contributed by atoms with van der Waals surface area (Å²) in [5.41, 5.74) is 6.09. The lowest BCUT2D eigenvalue weighted by Crippen LogP contribution is -2.33. The number of benzene rings is 1. The highest BCUT2D eigenvalue weighted by Crippen LogP contribution is 2.47. The molecule has 1 aromatic carbocycles. The van der Waals surface area contributed by atoms with Crippen LogP contribution in [0.4, 0.5) is 5.69 Å². The largest absolute Gasteiger partial charge is 0.506 e. The summed E-state index contributed by atoms with van der Waals surface area (Å²) in [6, 6.07) is 3.79. The van der Waals surface area contributed by atoms with Crippen LogP contribution in [0.15, 0.2) is 17.7 Å². The number of rotatable bonds is 4. The van der Waals surface area contributed by atoms with Crippen LogP contribution in [0.5, 0.6) is 5.75 Å². The van der Waals surface area contributed by atoms with E-state index in [1.54, 1.807) is 6.07 Å². The maximum Gasteiger partial charge on any atom is 0.216 e. The van der Waals surface area contributed by atoms with Gasteiger partial charge in [0.25, 0.3) is 0 Å². The number of hydrogen-bond acceptors (Lipinski definition) is 3. The quantitative estimate of drug-likeness (QED) is 0.896. The molecular weight excluding hydrogens is 288 g/mol. The van der Waals surface area contributed by atoms with E-state index in [0.717, 1.165) is 12.1 Å². The summed E-state index contributed by atoms with van der Waals surface area (Å²) >= 11 is 0. The molecule has 0 unspecified atom stereocenters. The van der Waals surface area contributed by atoms with Crippen LogP contribution in [0.25, 0.3) is 5.57 Å². The minimum absolute atomic E-state index is 0.0340. The smallest absolute Gasteiger partial charge is 0.216 e. The van der Waals surface area contributed by atoms with Crippen molar-refractivity contribution in [2.75, 3.05) is 25.0 Å². The minimum atomic E-state index is -0.0340. The number of anilines is 1. The molecule has 0 bridgehead atoms. The second-order valence-corrected chi connectivity index (χ2v) is 7.17. The van der Waals surface area contributed by atoms with Gasteiger partial charge in [0.15, 0.2) is 0 Å². The van der Waals surface area contributed by atoms with Crippen LogP contribution in [0.2, 0.25) is 0 Å². The fourth-order valence-corrected chi connectivity index (χ4v) is 3.38. The van der Waals surface area contributed by atoms with Gasteiger partial charge in [-0.05, 0) is 48.4 Å². The second kappa shape index (κ2) is 6.26. The minimum Gasteiger partial charge on any atom is -0.506 e. The van der Waals surface area contributed by atoms with Crippen molar-refractivity contribution < 1.29 is 9.90 Å². The van der Waals surface area contributed by atoms with Crippen molar-refractivity contribution in [3.05, 3.63) is 28.8 Å². The van der Waals surface area contributed by atoms with E-state index in [0.29, 0.717) is 18.8 Å². The van der Waals surface area contributed by atoms with Crippen molar-refractivity contribution in [3.8, 4) is 5.75 Å². The van der Waals surface area contributed by atoms with Crippen molar-refractivity contribution in [2.45, 2.75) is 41.0 Å². The highest BCUT2D eigenvalue weighted by atomic mass is 16.3. The Morgan fingerprint density at radius 1 is 1.35 bits per heavy atom. The average Bonchev–Trinajstić information content (AvgIpc) is 2.44. The number of carbonyl (C=O) groups excluding carboxylic acids is 1. The Hall–Kier alpha value is -1.97. The number of nitrogens with zero attached hydrogens (tertiary/aromatic N) is 1. The van der Waals surface area contributed by atoms with E-state index in [4.69, 9.17) is 0 Å². The number of hydrogen-bond donors (Lipinski definition) is 2. The Morgan fingerprint density at radius 2 is 2.00 bits per heavy atom. The fraction of sp³-hybridized carbons (Fsp3) is 0.526. The molecule has 0 saturated heterocycles. The van der Waals surface area contributed by atoms with E-state index in [1.165, 1.54) is 29.2 Å². The molecule has 0 saturated carbocycles. The number of allylic oxidation sites excluding steroid dienone is 2. The SMILES string of the molecule is CC(=O)NCCN(C)c1c(O)ccc2c1CC(C)(C)C(C)=C2C. The van der Waals surface area contributed by atoms with E-state index in [9.17, 15) is 9.90 Å². The normalized spacial score (nSPS) is 16.1. The first-order chi connectivity index (χ1) is 10.6. The Labute approximate surface area is 139 Å². The van der Waals surface area contributed by atoms with Crippen LogP contribution in [0.3, 0.4) is 0 Å². The molecule has 0 aromatic heterocycles. The van der Waals surface area contributed by atoms with Gasteiger partial charge >= 0.3 is 0 Å². The lowest BCUT2D eigenvalue weighted by Gasteiger charge is -2.37. The van der Waals surface area contributed by atoms with E-state index in [-0.39, 0.29) is 11.3 Å². The number of fused-ring (bicyclic) bond motifs is 1. The van der Waals surface area contributed by atoms with Crippen molar-refractivity contribution >= 4 is 17.2 Å². The molecule has 0 heterocycles. The first kappa shape index (κ1) is 17.4. The van der Waals surface area contributed by atoms with Gasteiger partial charge in [0.2, 0.25) is 5.91 Å². The highest BCUT2D eigenvalue weighted by molar-refractivity contribution is 5.80. The third-order valence-corrected chi connectivity index (χ3v) is 5.06. The zero-order valence-electron chi connectivity index (χ0n) is 15.1. The molecule has 0 radical (unpaired) electrons. The molecule has 1 aromatic rings. The summed E-state index contributed by atoms with van der Waals surface area (Å²) in [5, 5.41) is 13.2. The number of aromatic hydroxyl groups is 1. The summed E-state index contributed by atoms with van der Waals surface area (Å²) in [6.07, 6.45) is 0.902. The molecule has 1 aliphatic rings. The van der Waals surface area contributed by atoms with Gasteiger partial charge in [0.05, 0.1) is 5.69 Å². The summed E-state index contributed by atoms with van der Waals surface area (Å²) < 4.78 is 0. The van der Waals surface area contributed by atoms with E-state index >= 15 is 0 Å². The maximum absolute atomic E-state index is 11.0. The van der Waals surface area contributed by atoms with Gasteiger partial charge in [-0.25, -0.2) is 0 Å². The van der Waals surface area contributed by atoms with Crippen molar-refractivity contribution in [2.24, 2.45) is 5.41 Å². The number of phenolic OH excluding ortho intramolecular Hbond substituents is 1. The van der Waals surface area contributed by atoms with Gasteiger partial charge in [-0.1, -0.05) is 25.5 Å². The van der Waals surface area contributed by atoms with Crippen molar-refractivity contribution in [1.82, 2.24) is 5.32 Å². The number of likely N-dealkylation sites (N-methyl/N-ethyl adjacent to an activating group) is 1. The van der Waals surface area contributed by atoms with Crippen LogP contribution >= 0.6 is 0 Å². The Balaban J connectivity index is 2.41. The monoisotopic (exact) mass is 316 g/mol. The predicted octanol–water partition coefficient (Wildman–Crippen LogP) is 3.34. The third kappa shape index (κ3) is 3.36. The Kier molecular flexibility index (Phi) is 4.73. The molecule has 2 N–H and O–H groups in total. The van der Waals surface area contributed by atoms with E-state index < -0.39 is 0 Å². The molecule has 0 atom stereocenters. The Bertz CT molecular complexity index is 660. The van der Waals surface area contributed by atoms with E-state index in [2.05, 4.69) is 33.0 Å². The molecule has 0 aliphatic heterocycles. The van der Waals surface area contributed by atoms with Crippen LogP contribution in [0.1, 0.15) is 45.7 Å². The number of carbonyl (C=O) groups is 1. The van der Waals surface area contributed by atoms with Crippen LogP contribution in [-0.2, 0) is 11.2 Å². The van der Waals surface area contributed by atoms with Crippen LogP contribution in [0, 0.1) is 5.41 Å². The molecule has 0 fully saturated rings. The van der Waals surface area contributed by atoms with Crippen molar-refractivity contribution in [3.63, 3.8) is 0 Å². The number of amides is 1. The zero-order valence-corrected chi connectivity index (χ0v) is 15.1. The van der Waals surface area contributed by atoms with Gasteiger partial charge < -0.3 is 15.3 Å². The topological polar surface area (TPSA) is 52.6 Å². The van der Waals surface area contributed by atoms with Crippen molar-refractivity contribution in [1.29, 1.82) is 0 Å². The van der Waals surface area contributed by atoms with Gasteiger partial charge in [0, 0.05) is 27.1 Å². The molecule has 4 heteroatoms. The molecule has 0 spiro atoms. The first-order valence-electron chi connectivity index (χ1n) is 8.14. The summed E-state index contributed by atoms with van der Waals surface area (Å²) in [4.78, 5) is 13.1. The molecule has 126 valence electrons. The summed E-state index contributed by atoms with van der Waals surface area (Å²) in [6.45, 7) is 11.6. The summed E-state index contributed by atoms with van der Waals surface area (Å²) in [7, 11) is 1.96. The van der Waals surface area contributed by atoms with Gasteiger partial charge in [-0.3, -0.25) is 4.79 Å². The standard InChI is InChI=1S/C19H28N2O2/c1-12-13(2)19(4,5)11-16-15(12)7-8-17(23)18(16)21(6)10-9-20-14(3)22/h7-8,23H,9-11H2,1-6H3,(H,20,22). The predicted molar refractivity (Wildman–Crippen MR) is 95.8 cm³/mol. The van der Waals surface area contributed by atoms with E-state index in [1.807, 2.05) is 18.0 Å². The molecule has 23 heavy (non-hydrogen) atoms. The third-order valence-electron chi connectivity index (χ3n) is 5.06. The molecular formula is C19H28N2O2. The average molecular weight is 316 g/mol. The number of phenols is 1. The van der Waals surface area contributed by atoms with Gasteiger partial charge in [-0.15, -0.1) is 0 Å².